The largest absolute Gasteiger partial charge is 0.324 e. The van der Waals surface area contributed by atoms with E-state index >= 15 is 0 Å². The Bertz CT molecular complexity index is 1140. The molecule has 140 valence electrons. The van der Waals surface area contributed by atoms with E-state index in [0.29, 0.717) is 0 Å². The normalized spacial score (nSPS) is 10.9. The first-order valence-corrected chi connectivity index (χ1v) is 11.2. The van der Waals surface area contributed by atoms with Gasteiger partial charge in [-0.3, -0.25) is 4.79 Å². The van der Waals surface area contributed by atoms with Gasteiger partial charge >= 0.3 is 0 Å². The van der Waals surface area contributed by atoms with Crippen molar-refractivity contribution in [3.63, 3.8) is 0 Å². The third kappa shape index (κ3) is 4.11. The number of carbonyl (C=O) groups excluding carboxylic acids is 1. The molecule has 0 radical (unpaired) electrons. The zero-order valence-electron chi connectivity index (χ0n) is 15.0. The summed E-state index contributed by atoms with van der Waals surface area (Å²) < 4.78 is 0.859. The van der Waals surface area contributed by atoms with Gasteiger partial charge in [-0.15, -0.1) is 11.3 Å². The molecule has 2 aromatic carbocycles. The van der Waals surface area contributed by atoms with E-state index in [0.717, 1.165) is 36.5 Å². The third-order valence-electron chi connectivity index (χ3n) is 4.19. The van der Waals surface area contributed by atoms with Crippen LogP contribution in [0.2, 0.25) is 0 Å². The summed E-state index contributed by atoms with van der Waals surface area (Å²) in [5, 5.41) is 6.87. The lowest BCUT2D eigenvalue weighted by molar-refractivity contribution is -0.113. The third-order valence-corrected chi connectivity index (χ3v) is 6.75. The van der Waals surface area contributed by atoms with Crippen LogP contribution in [-0.4, -0.2) is 21.6 Å². The predicted molar refractivity (Wildman–Crippen MR) is 121 cm³/mol. The first-order valence-electron chi connectivity index (χ1n) is 8.58. The van der Waals surface area contributed by atoms with E-state index in [1.54, 1.807) is 17.7 Å². The Hall–Kier alpha value is -2.22. The molecule has 0 fully saturated rings. The van der Waals surface area contributed by atoms with Crippen molar-refractivity contribution in [1.29, 1.82) is 0 Å². The highest BCUT2D eigenvalue weighted by Crippen LogP contribution is 2.38. The molecule has 1 amide bonds. The van der Waals surface area contributed by atoms with Crippen LogP contribution >= 0.6 is 39.0 Å². The molecular formula is C21H16BrN3OS2. The molecule has 0 saturated heterocycles. The Balaban J connectivity index is 1.57. The number of halogens is 1. The fourth-order valence-electron chi connectivity index (χ4n) is 2.79. The second-order valence-corrected chi connectivity index (χ2v) is 8.87. The molecule has 0 spiro atoms. The average Bonchev–Trinajstić information content (AvgIpc) is 3.13. The second kappa shape index (κ2) is 8.43. The molecular weight excluding hydrogens is 454 g/mol. The Morgan fingerprint density at radius 1 is 1.14 bits per heavy atom. The first kappa shape index (κ1) is 19.1. The van der Waals surface area contributed by atoms with Gasteiger partial charge in [-0.05, 0) is 40.5 Å². The van der Waals surface area contributed by atoms with Crippen LogP contribution in [-0.2, 0) is 4.79 Å². The Morgan fingerprint density at radius 3 is 2.71 bits per heavy atom. The minimum Gasteiger partial charge on any atom is -0.324 e. The highest BCUT2D eigenvalue weighted by Gasteiger charge is 2.15. The van der Waals surface area contributed by atoms with Gasteiger partial charge in [-0.1, -0.05) is 53.7 Å². The fourth-order valence-corrected chi connectivity index (χ4v) is 4.96. The number of fused-ring (bicyclic) bond motifs is 1. The van der Waals surface area contributed by atoms with Gasteiger partial charge in [0.1, 0.15) is 16.2 Å². The molecule has 0 unspecified atom stereocenters. The molecule has 0 saturated carbocycles. The van der Waals surface area contributed by atoms with E-state index in [1.165, 1.54) is 17.3 Å². The SMILES string of the molecule is Cc1ccc(-c2csc3ncnc(SCC(=O)Nc4ccccc4Br)c23)cc1. The average molecular weight is 470 g/mol. The Morgan fingerprint density at radius 2 is 1.93 bits per heavy atom. The van der Waals surface area contributed by atoms with Gasteiger partial charge in [0.25, 0.3) is 0 Å². The summed E-state index contributed by atoms with van der Waals surface area (Å²) >= 11 is 6.47. The summed E-state index contributed by atoms with van der Waals surface area (Å²) in [6.45, 7) is 2.07. The lowest BCUT2D eigenvalue weighted by Gasteiger charge is -2.08. The molecule has 0 aliphatic carbocycles. The van der Waals surface area contributed by atoms with Crippen molar-refractivity contribution in [3.8, 4) is 11.1 Å². The van der Waals surface area contributed by atoms with Gasteiger partial charge in [0.15, 0.2) is 0 Å². The van der Waals surface area contributed by atoms with E-state index in [-0.39, 0.29) is 11.7 Å². The van der Waals surface area contributed by atoms with Crippen LogP contribution in [0.4, 0.5) is 5.69 Å². The van der Waals surface area contributed by atoms with E-state index in [1.807, 2.05) is 24.3 Å². The van der Waals surface area contributed by atoms with Crippen LogP contribution in [0, 0.1) is 6.92 Å². The number of carbonyl (C=O) groups is 1. The van der Waals surface area contributed by atoms with Crippen molar-refractivity contribution < 1.29 is 4.79 Å². The van der Waals surface area contributed by atoms with Crippen molar-refractivity contribution >= 4 is 60.8 Å². The maximum Gasteiger partial charge on any atom is 0.234 e. The van der Waals surface area contributed by atoms with E-state index in [4.69, 9.17) is 0 Å². The topological polar surface area (TPSA) is 54.9 Å². The van der Waals surface area contributed by atoms with Gasteiger partial charge in [0.2, 0.25) is 5.91 Å². The van der Waals surface area contributed by atoms with Crippen LogP contribution in [0.3, 0.4) is 0 Å². The number of amides is 1. The monoisotopic (exact) mass is 469 g/mol. The molecule has 0 atom stereocenters. The number of para-hydroxylation sites is 1. The quantitative estimate of drug-likeness (QED) is 0.280. The minimum absolute atomic E-state index is 0.0734. The van der Waals surface area contributed by atoms with Crippen molar-refractivity contribution in [3.05, 3.63) is 70.3 Å². The molecule has 0 bridgehead atoms. The predicted octanol–water partition coefficient (Wildman–Crippen LogP) is 6.16. The number of aryl methyl sites for hydroxylation is 1. The number of rotatable bonds is 5. The van der Waals surface area contributed by atoms with Crippen LogP contribution in [0.5, 0.6) is 0 Å². The van der Waals surface area contributed by atoms with E-state index < -0.39 is 0 Å². The molecule has 4 aromatic rings. The molecule has 2 aromatic heterocycles. The molecule has 1 N–H and O–H groups in total. The number of nitrogens with zero attached hydrogens (tertiary/aromatic N) is 2. The number of hydrogen-bond donors (Lipinski definition) is 1. The highest BCUT2D eigenvalue weighted by atomic mass is 79.9. The highest BCUT2D eigenvalue weighted by molar-refractivity contribution is 9.10. The molecule has 0 aliphatic heterocycles. The van der Waals surface area contributed by atoms with Crippen LogP contribution in [0.15, 0.2) is 69.7 Å². The lowest BCUT2D eigenvalue weighted by Crippen LogP contribution is -2.14. The van der Waals surface area contributed by atoms with Gasteiger partial charge < -0.3 is 5.32 Å². The van der Waals surface area contributed by atoms with Crippen LogP contribution < -0.4 is 5.32 Å². The van der Waals surface area contributed by atoms with Gasteiger partial charge in [-0.25, -0.2) is 9.97 Å². The second-order valence-electron chi connectivity index (χ2n) is 6.19. The number of thiophene rings is 1. The van der Waals surface area contributed by atoms with Gasteiger partial charge in [-0.2, -0.15) is 0 Å². The number of thioether (sulfide) groups is 1. The summed E-state index contributed by atoms with van der Waals surface area (Å²) in [6.07, 6.45) is 1.56. The van der Waals surface area contributed by atoms with Crippen LogP contribution in [0.1, 0.15) is 5.56 Å². The van der Waals surface area contributed by atoms with Crippen LogP contribution in [0.25, 0.3) is 21.3 Å². The van der Waals surface area contributed by atoms with Gasteiger partial charge in [0, 0.05) is 15.4 Å². The minimum atomic E-state index is -0.0734. The number of nitrogens with one attached hydrogen (secondary N) is 1. The van der Waals surface area contributed by atoms with Gasteiger partial charge in [0.05, 0.1) is 16.8 Å². The number of aromatic nitrogens is 2. The zero-order chi connectivity index (χ0) is 19.5. The molecule has 0 aliphatic rings. The summed E-state index contributed by atoms with van der Waals surface area (Å²) in [6, 6.07) is 16.0. The Kier molecular flexibility index (Phi) is 5.75. The Labute approximate surface area is 179 Å². The maximum atomic E-state index is 12.4. The fraction of sp³-hybridized carbons (Fsp3) is 0.0952. The molecule has 2 heterocycles. The van der Waals surface area contributed by atoms with Crippen molar-refractivity contribution in [2.75, 3.05) is 11.1 Å². The van der Waals surface area contributed by atoms with Crippen molar-refractivity contribution in [2.45, 2.75) is 11.9 Å². The number of hydrogen-bond acceptors (Lipinski definition) is 5. The number of benzene rings is 2. The van der Waals surface area contributed by atoms with Crippen molar-refractivity contribution in [1.82, 2.24) is 9.97 Å². The van der Waals surface area contributed by atoms with Crippen molar-refractivity contribution in [2.24, 2.45) is 0 Å². The summed E-state index contributed by atoms with van der Waals surface area (Å²) in [4.78, 5) is 22.2. The van der Waals surface area contributed by atoms with E-state index in [9.17, 15) is 4.79 Å². The zero-order valence-corrected chi connectivity index (χ0v) is 18.2. The molecule has 28 heavy (non-hydrogen) atoms. The first-order chi connectivity index (χ1) is 13.6. The molecule has 7 heteroatoms. The maximum absolute atomic E-state index is 12.4. The summed E-state index contributed by atoms with van der Waals surface area (Å²) in [5.41, 5.74) is 4.22. The van der Waals surface area contributed by atoms with E-state index in [2.05, 4.69) is 67.8 Å². The lowest BCUT2D eigenvalue weighted by atomic mass is 10.1. The number of anilines is 1. The smallest absolute Gasteiger partial charge is 0.234 e. The molecule has 4 rings (SSSR count). The standard InChI is InChI=1S/C21H16BrN3OS2/c1-13-6-8-14(9-7-13)15-10-27-20-19(15)21(24-12-23-20)28-11-18(26)25-17-5-3-2-4-16(17)22/h2-10,12H,11H2,1H3,(H,25,26). The summed E-state index contributed by atoms with van der Waals surface area (Å²) in [5.74, 6) is 0.201. The molecule has 4 nitrogen and oxygen atoms in total. The summed E-state index contributed by atoms with van der Waals surface area (Å²) in [7, 11) is 0.